The van der Waals surface area contributed by atoms with Gasteiger partial charge in [-0.1, -0.05) is 26.7 Å². The van der Waals surface area contributed by atoms with Gasteiger partial charge >= 0.3 is 6.09 Å². The molecular formula is C9H19NO3. The van der Waals surface area contributed by atoms with Gasteiger partial charge in [0, 0.05) is 0 Å². The van der Waals surface area contributed by atoms with E-state index in [2.05, 4.69) is 19.6 Å². The molecule has 0 bridgehead atoms. The molecule has 1 fully saturated rings. The summed E-state index contributed by atoms with van der Waals surface area (Å²) in [5.74, 6) is 0. The Labute approximate surface area is 79.1 Å². The number of ether oxygens (including phenoxy) is 1. The quantitative estimate of drug-likeness (QED) is 0.664. The number of rotatable bonds is 4. The molecule has 0 aromatic heterocycles. The molecule has 4 nitrogen and oxygen atoms in total. The summed E-state index contributed by atoms with van der Waals surface area (Å²) in [6.07, 6.45) is 5.05. The lowest BCUT2D eigenvalue weighted by Crippen LogP contribution is -2.03. The highest BCUT2D eigenvalue weighted by molar-refractivity contribution is 5.61. The van der Waals surface area contributed by atoms with Crippen molar-refractivity contribution in [3.8, 4) is 0 Å². The van der Waals surface area contributed by atoms with E-state index in [1.165, 1.54) is 25.7 Å². The first-order valence-corrected chi connectivity index (χ1v) is 4.75. The highest BCUT2D eigenvalue weighted by Gasteiger charge is 2.35. The van der Waals surface area contributed by atoms with E-state index in [0.717, 1.165) is 0 Å². The van der Waals surface area contributed by atoms with E-state index in [1.807, 2.05) is 0 Å². The Bertz CT molecular complexity index is 146. The SMILES string of the molecule is CCCCC1OC1CC.NC(=O)O. The van der Waals surface area contributed by atoms with Gasteiger partial charge in [-0.3, -0.25) is 0 Å². The van der Waals surface area contributed by atoms with Crippen molar-refractivity contribution in [2.24, 2.45) is 5.73 Å². The van der Waals surface area contributed by atoms with Crippen LogP contribution in [0.2, 0.25) is 0 Å². The van der Waals surface area contributed by atoms with Crippen LogP contribution in [0, 0.1) is 0 Å². The zero-order valence-electron chi connectivity index (χ0n) is 8.32. The highest BCUT2D eigenvalue weighted by Crippen LogP contribution is 2.29. The topological polar surface area (TPSA) is 75.8 Å². The average molecular weight is 189 g/mol. The molecule has 2 atom stereocenters. The molecule has 4 heteroatoms. The average Bonchev–Trinajstić information content (AvgIpc) is 2.78. The summed E-state index contributed by atoms with van der Waals surface area (Å²) in [6.45, 7) is 4.42. The van der Waals surface area contributed by atoms with Crippen molar-refractivity contribution in [1.82, 2.24) is 0 Å². The van der Waals surface area contributed by atoms with E-state index < -0.39 is 6.09 Å². The molecule has 2 unspecified atom stereocenters. The van der Waals surface area contributed by atoms with Crippen LogP contribution in [0.4, 0.5) is 4.79 Å². The minimum atomic E-state index is -1.33. The van der Waals surface area contributed by atoms with Gasteiger partial charge in [0.15, 0.2) is 0 Å². The van der Waals surface area contributed by atoms with Crippen molar-refractivity contribution in [3.05, 3.63) is 0 Å². The van der Waals surface area contributed by atoms with E-state index in [-0.39, 0.29) is 0 Å². The van der Waals surface area contributed by atoms with Crippen LogP contribution in [0.3, 0.4) is 0 Å². The molecule has 1 aliphatic rings. The van der Waals surface area contributed by atoms with Gasteiger partial charge in [-0.2, -0.15) is 0 Å². The molecule has 0 radical (unpaired) electrons. The Hall–Kier alpha value is -0.770. The van der Waals surface area contributed by atoms with Crippen LogP contribution in [0.5, 0.6) is 0 Å². The van der Waals surface area contributed by atoms with Crippen molar-refractivity contribution in [2.45, 2.75) is 51.7 Å². The fraction of sp³-hybridized carbons (Fsp3) is 0.889. The lowest BCUT2D eigenvalue weighted by molar-refractivity contribution is 0.205. The highest BCUT2D eigenvalue weighted by atomic mass is 16.6. The third kappa shape index (κ3) is 7.59. The van der Waals surface area contributed by atoms with Crippen LogP contribution in [0.15, 0.2) is 0 Å². The standard InChI is InChI=1S/C8H16O.CH3NO2/c1-3-5-6-8-7(4-2)9-8;2-1(3)4/h7-8H,3-6H2,1-2H3;2H2,(H,3,4). The molecule has 0 saturated carbocycles. The molecule has 0 aromatic carbocycles. The fourth-order valence-corrected chi connectivity index (χ4v) is 1.20. The first kappa shape index (κ1) is 12.2. The number of hydrogen-bond acceptors (Lipinski definition) is 2. The molecule has 0 aliphatic carbocycles. The number of amides is 1. The molecule has 1 saturated heterocycles. The van der Waals surface area contributed by atoms with E-state index in [4.69, 9.17) is 14.6 Å². The molecule has 1 heterocycles. The second-order valence-electron chi connectivity index (χ2n) is 3.10. The first-order valence-electron chi connectivity index (χ1n) is 4.75. The van der Waals surface area contributed by atoms with Crippen molar-refractivity contribution in [3.63, 3.8) is 0 Å². The summed E-state index contributed by atoms with van der Waals surface area (Å²) >= 11 is 0. The zero-order chi connectivity index (χ0) is 10.3. The van der Waals surface area contributed by atoms with Crippen molar-refractivity contribution in [2.75, 3.05) is 0 Å². The molecule has 0 aromatic rings. The number of carboxylic acid groups (broad SMARTS) is 1. The summed E-state index contributed by atoms with van der Waals surface area (Å²) in [7, 11) is 0. The zero-order valence-corrected chi connectivity index (χ0v) is 8.32. The maximum atomic E-state index is 8.78. The Morgan fingerprint density at radius 3 is 2.31 bits per heavy atom. The van der Waals surface area contributed by atoms with Gasteiger partial charge in [-0.15, -0.1) is 0 Å². The molecule has 1 amide bonds. The second kappa shape index (κ2) is 6.71. The van der Waals surface area contributed by atoms with Crippen LogP contribution in [-0.4, -0.2) is 23.4 Å². The van der Waals surface area contributed by atoms with Gasteiger partial charge in [-0.25, -0.2) is 4.79 Å². The summed E-state index contributed by atoms with van der Waals surface area (Å²) in [5, 5.41) is 7.19. The summed E-state index contributed by atoms with van der Waals surface area (Å²) in [4.78, 5) is 8.78. The number of primary amides is 1. The number of hydrogen-bond donors (Lipinski definition) is 2. The Kier molecular flexibility index (Phi) is 6.32. The smallest absolute Gasteiger partial charge is 0.402 e. The summed E-state index contributed by atoms with van der Waals surface area (Å²) in [5.41, 5.74) is 4.03. The number of unbranched alkanes of at least 4 members (excludes halogenated alkanes) is 1. The lowest BCUT2D eigenvalue weighted by Gasteiger charge is -1.88. The van der Waals surface area contributed by atoms with Crippen LogP contribution in [0.25, 0.3) is 0 Å². The van der Waals surface area contributed by atoms with Crippen LogP contribution in [-0.2, 0) is 4.74 Å². The second-order valence-corrected chi connectivity index (χ2v) is 3.10. The molecule has 0 spiro atoms. The minimum Gasteiger partial charge on any atom is -0.465 e. The van der Waals surface area contributed by atoms with Gasteiger partial charge in [-0.05, 0) is 12.8 Å². The van der Waals surface area contributed by atoms with Crippen LogP contribution in [0.1, 0.15) is 39.5 Å². The minimum absolute atomic E-state index is 0.622. The van der Waals surface area contributed by atoms with Crippen LogP contribution < -0.4 is 5.73 Å². The predicted octanol–water partition coefficient (Wildman–Crippen LogP) is 1.98. The van der Waals surface area contributed by atoms with E-state index in [9.17, 15) is 0 Å². The van der Waals surface area contributed by atoms with E-state index in [1.54, 1.807) is 0 Å². The number of nitrogens with two attached hydrogens (primary N) is 1. The molecule has 1 rings (SSSR count). The van der Waals surface area contributed by atoms with Gasteiger partial charge in [0.2, 0.25) is 0 Å². The fourth-order valence-electron chi connectivity index (χ4n) is 1.20. The molecule has 1 aliphatic heterocycles. The Morgan fingerprint density at radius 1 is 1.46 bits per heavy atom. The summed E-state index contributed by atoms with van der Waals surface area (Å²) < 4.78 is 5.37. The number of epoxide rings is 1. The van der Waals surface area contributed by atoms with E-state index >= 15 is 0 Å². The van der Waals surface area contributed by atoms with Crippen molar-refractivity contribution >= 4 is 6.09 Å². The summed E-state index contributed by atoms with van der Waals surface area (Å²) in [6, 6.07) is 0. The molecule has 78 valence electrons. The largest absolute Gasteiger partial charge is 0.465 e. The third-order valence-corrected chi connectivity index (χ3v) is 1.93. The maximum absolute atomic E-state index is 8.78. The van der Waals surface area contributed by atoms with Gasteiger partial charge in [0.1, 0.15) is 0 Å². The Balaban J connectivity index is 0.000000310. The first-order chi connectivity index (χ1) is 6.11. The predicted molar refractivity (Wildman–Crippen MR) is 50.7 cm³/mol. The van der Waals surface area contributed by atoms with Gasteiger partial charge in [0.25, 0.3) is 0 Å². The molecule has 3 N–H and O–H groups in total. The van der Waals surface area contributed by atoms with Crippen molar-refractivity contribution in [1.29, 1.82) is 0 Å². The molecular weight excluding hydrogens is 170 g/mol. The monoisotopic (exact) mass is 189 g/mol. The number of carbonyl (C=O) groups is 1. The normalized spacial score (nSPS) is 24.5. The third-order valence-electron chi connectivity index (χ3n) is 1.93. The maximum Gasteiger partial charge on any atom is 0.402 e. The van der Waals surface area contributed by atoms with Gasteiger partial charge < -0.3 is 15.6 Å². The van der Waals surface area contributed by atoms with Crippen LogP contribution >= 0.6 is 0 Å². The Morgan fingerprint density at radius 2 is 2.00 bits per heavy atom. The van der Waals surface area contributed by atoms with Crippen molar-refractivity contribution < 1.29 is 14.6 Å². The molecule has 13 heavy (non-hydrogen) atoms. The van der Waals surface area contributed by atoms with Gasteiger partial charge in [0.05, 0.1) is 12.2 Å². The lowest BCUT2D eigenvalue weighted by atomic mass is 10.1. The van der Waals surface area contributed by atoms with E-state index in [0.29, 0.717) is 12.2 Å².